The van der Waals surface area contributed by atoms with Gasteiger partial charge in [0, 0.05) is 19.5 Å². The summed E-state index contributed by atoms with van der Waals surface area (Å²) in [5.74, 6) is -0.209. The summed E-state index contributed by atoms with van der Waals surface area (Å²) in [6.45, 7) is 1.16. The van der Waals surface area contributed by atoms with Gasteiger partial charge in [0.05, 0.1) is 5.92 Å². The number of hydrogen-bond donors (Lipinski definition) is 1. The van der Waals surface area contributed by atoms with Crippen molar-refractivity contribution >= 4 is 11.9 Å². The van der Waals surface area contributed by atoms with Gasteiger partial charge in [0.15, 0.2) is 0 Å². The number of aliphatic carboxylic acids is 1. The number of carbonyl (C=O) groups is 2. The first-order valence-electron chi connectivity index (χ1n) is 6.67. The molecule has 1 saturated carbocycles. The normalized spacial score (nSPS) is 25.4. The van der Waals surface area contributed by atoms with E-state index < -0.39 is 5.97 Å². The third kappa shape index (κ3) is 3.20. The summed E-state index contributed by atoms with van der Waals surface area (Å²) in [5, 5.41) is 8.97. The van der Waals surface area contributed by atoms with Gasteiger partial charge in [-0.2, -0.15) is 0 Å². The number of hydrogen-bond acceptors (Lipinski definition) is 2. The maximum absolute atomic E-state index is 11.9. The second kappa shape index (κ2) is 5.52. The van der Waals surface area contributed by atoms with Crippen LogP contribution in [0.5, 0.6) is 0 Å². The number of carboxylic acids is 1. The molecule has 0 aromatic heterocycles. The summed E-state index contributed by atoms with van der Waals surface area (Å²) in [6, 6.07) is 0. The molecule has 1 N–H and O–H groups in total. The number of piperidine rings is 1. The minimum atomic E-state index is -0.763. The summed E-state index contributed by atoms with van der Waals surface area (Å²) in [5.41, 5.74) is 0. The van der Waals surface area contributed by atoms with Crippen LogP contribution in [0, 0.1) is 11.8 Å². The fourth-order valence-electron chi connectivity index (χ4n) is 2.67. The molecule has 2 rings (SSSR count). The van der Waals surface area contributed by atoms with Crippen molar-refractivity contribution in [1.29, 1.82) is 0 Å². The van der Waals surface area contributed by atoms with Crippen LogP contribution in [0.2, 0.25) is 0 Å². The molecule has 0 aromatic rings. The van der Waals surface area contributed by atoms with E-state index in [9.17, 15) is 9.59 Å². The molecule has 1 unspecified atom stereocenters. The zero-order valence-electron chi connectivity index (χ0n) is 10.2. The highest BCUT2D eigenvalue weighted by atomic mass is 16.4. The largest absolute Gasteiger partial charge is 0.481 e. The lowest BCUT2D eigenvalue weighted by molar-refractivity contribution is -0.145. The van der Waals surface area contributed by atoms with Gasteiger partial charge < -0.3 is 10.0 Å². The standard InChI is InChI=1S/C13H21NO3/c15-12(7-6-10-3-1-4-10)14-8-2-5-11(9-14)13(16)17/h10-11H,1-9H2,(H,16,17). The van der Waals surface area contributed by atoms with Gasteiger partial charge in [-0.25, -0.2) is 0 Å². The van der Waals surface area contributed by atoms with E-state index in [4.69, 9.17) is 5.11 Å². The van der Waals surface area contributed by atoms with Gasteiger partial charge in [0.1, 0.15) is 0 Å². The van der Waals surface area contributed by atoms with Crippen molar-refractivity contribution in [2.45, 2.75) is 44.9 Å². The predicted octanol–water partition coefficient (Wildman–Crippen LogP) is 1.89. The molecule has 4 nitrogen and oxygen atoms in total. The molecule has 0 aromatic carbocycles. The van der Waals surface area contributed by atoms with Crippen molar-refractivity contribution in [2.24, 2.45) is 11.8 Å². The van der Waals surface area contributed by atoms with E-state index in [-0.39, 0.29) is 11.8 Å². The lowest BCUT2D eigenvalue weighted by Crippen LogP contribution is -2.42. The fourth-order valence-corrected chi connectivity index (χ4v) is 2.67. The highest BCUT2D eigenvalue weighted by molar-refractivity contribution is 5.78. The van der Waals surface area contributed by atoms with Gasteiger partial charge >= 0.3 is 5.97 Å². The third-order valence-corrected chi connectivity index (χ3v) is 4.11. The van der Waals surface area contributed by atoms with Gasteiger partial charge in [-0.1, -0.05) is 19.3 Å². The monoisotopic (exact) mass is 239 g/mol. The highest BCUT2D eigenvalue weighted by Crippen LogP contribution is 2.30. The van der Waals surface area contributed by atoms with Crippen molar-refractivity contribution < 1.29 is 14.7 Å². The van der Waals surface area contributed by atoms with Gasteiger partial charge in [0.25, 0.3) is 0 Å². The molecule has 17 heavy (non-hydrogen) atoms. The van der Waals surface area contributed by atoms with E-state index in [2.05, 4.69) is 0 Å². The summed E-state index contributed by atoms with van der Waals surface area (Å²) >= 11 is 0. The first-order chi connectivity index (χ1) is 8.16. The summed E-state index contributed by atoms with van der Waals surface area (Å²) in [7, 11) is 0. The van der Waals surface area contributed by atoms with Crippen LogP contribution in [0.4, 0.5) is 0 Å². The molecular formula is C13H21NO3. The Bertz CT molecular complexity index is 299. The van der Waals surface area contributed by atoms with Crippen LogP contribution >= 0.6 is 0 Å². The topological polar surface area (TPSA) is 57.6 Å². The first kappa shape index (κ1) is 12.4. The third-order valence-electron chi connectivity index (χ3n) is 4.11. The number of carbonyl (C=O) groups excluding carboxylic acids is 1. The fraction of sp³-hybridized carbons (Fsp3) is 0.846. The van der Waals surface area contributed by atoms with Crippen molar-refractivity contribution in [3.8, 4) is 0 Å². The zero-order chi connectivity index (χ0) is 12.3. The Hall–Kier alpha value is -1.06. The van der Waals surface area contributed by atoms with Crippen LogP contribution < -0.4 is 0 Å². The molecule has 96 valence electrons. The van der Waals surface area contributed by atoms with Crippen LogP contribution in [0.25, 0.3) is 0 Å². The van der Waals surface area contributed by atoms with Crippen LogP contribution in [0.15, 0.2) is 0 Å². The molecule has 0 spiro atoms. The maximum Gasteiger partial charge on any atom is 0.308 e. The van der Waals surface area contributed by atoms with Gasteiger partial charge in [-0.05, 0) is 25.2 Å². The zero-order valence-corrected chi connectivity index (χ0v) is 10.2. The molecule has 0 bridgehead atoms. The molecule has 2 aliphatic rings. The number of rotatable bonds is 4. The first-order valence-corrected chi connectivity index (χ1v) is 6.67. The molecule has 4 heteroatoms. The summed E-state index contributed by atoms with van der Waals surface area (Å²) in [4.78, 5) is 24.6. The second-order valence-corrected chi connectivity index (χ2v) is 5.35. The quantitative estimate of drug-likeness (QED) is 0.815. The van der Waals surface area contributed by atoms with Crippen molar-refractivity contribution in [1.82, 2.24) is 4.90 Å². The van der Waals surface area contributed by atoms with Gasteiger partial charge in [-0.15, -0.1) is 0 Å². The average molecular weight is 239 g/mol. The number of nitrogens with zero attached hydrogens (tertiary/aromatic N) is 1. The number of amides is 1. The van der Waals surface area contributed by atoms with E-state index in [0.717, 1.165) is 25.3 Å². The Kier molecular flexibility index (Phi) is 4.02. The molecule has 1 amide bonds. The molecule has 1 heterocycles. The van der Waals surface area contributed by atoms with Gasteiger partial charge in [0.2, 0.25) is 5.91 Å². The van der Waals surface area contributed by atoms with Crippen LogP contribution in [0.1, 0.15) is 44.9 Å². The lowest BCUT2D eigenvalue weighted by Gasteiger charge is -2.32. The SMILES string of the molecule is O=C(O)C1CCCN(C(=O)CCC2CCC2)C1. The van der Waals surface area contributed by atoms with E-state index in [1.807, 2.05) is 0 Å². The summed E-state index contributed by atoms with van der Waals surface area (Å²) < 4.78 is 0. The molecule has 0 radical (unpaired) electrons. The van der Waals surface area contributed by atoms with Gasteiger partial charge in [-0.3, -0.25) is 9.59 Å². The van der Waals surface area contributed by atoms with Crippen LogP contribution in [0.3, 0.4) is 0 Å². The molecule has 2 fully saturated rings. The van der Waals surface area contributed by atoms with Crippen LogP contribution in [-0.4, -0.2) is 35.0 Å². The molecule has 1 saturated heterocycles. The Morgan fingerprint density at radius 1 is 1.18 bits per heavy atom. The Morgan fingerprint density at radius 2 is 1.94 bits per heavy atom. The molecular weight excluding hydrogens is 218 g/mol. The predicted molar refractivity (Wildman–Crippen MR) is 63.5 cm³/mol. The number of likely N-dealkylation sites (tertiary alicyclic amines) is 1. The second-order valence-electron chi connectivity index (χ2n) is 5.35. The smallest absolute Gasteiger partial charge is 0.308 e. The molecule has 1 aliphatic heterocycles. The van der Waals surface area contributed by atoms with E-state index in [1.165, 1.54) is 19.3 Å². The van der Waals surface area contributed by atoms with Crippen molar-refractivity contribution in [3.05, 3.63) is 0 Å². The average Bonchev–Trinajstić information content (AvgIpc) is 2.27. The van der Waals surface area contributed by atoms with Crippen molar-refractivity contribution in [2.75, 3.05) is 13.1 Å². The highest BCUT2D eigenvalue weighted by Gasteiger charge is 2.28. The minimum Gasteiger partial charge on any atom is -0.481 e. The Balaban J connectivity index is 1.75. The molecule has 1 atom stereocenters. The lowest BCUT2D eigenvalue weighted by atomic mass is 9.82. The van der Waals surface area contributed by atoms with E-state index in [1.54, 1.807) is 4.90 Å². The number of carboxylic acid groups (broad SMARTS) is 1. The van der Waals surface area contributed by atoms with Crippen molar-refractivity contribution in [3.63, 3.8) is 0 Å². The maximum atomic E-state index is 11.9. The van der Waals surface area contributed by atoms with E-state index >= 15 is 0 Å². The van der Waals surface area contributed by atoms with Crippen LogP contribution in [-0.2, 0) is 9.59 Å². The Labute approximate surface area is 102 Å². The Morgan fingerprint density at radius 3 is 2.53 bits per heavy atom. The summed E-state index contributed by atoms with van der Waals surface area (Å²) in [6.07, 6.45) is 6.98. The molecule has 1 aliphatic carbocycles. The van der Waals surface area contributed by atoms with E-state index in [0.29, 0.717) is 19.4 Å². The minimum absolute atomic E-state index is 0.155.